The number of nitrogens with one attached hydrogen (secondary N) is 1. The molecule has 18 heavy (non-hydrogen) atoms. The van der Waals surface area contributed by atoms with Gasteiger partial charge in [-0.1, -0.05) is 0 Å². The molecule has 0 amide bonds. The summed E-state index contributed by atoms with van der Waals surface area (Å²) in [6, 6.07) is 0.569. The topological polar surface area (TPSA) is 29.9 Å². The van der Waals surface area contributed by atoms with Crippen LogP contribution in [-0.2, 0) is 6.54 Å². The van der Waals surface area contributed by atoms with Gasteiger partial charge in [0.05, 0.1) is 6.54 Å². The van der Waals surface area contributed by atoms with Crippen molar-refractivity contribution in [2.45, 2.75) is 38.4 Å². The van der Waals surface area contributed by atoms with Crippen LogP contribution in [0.1, 0.15) is 31.6 Å². The standard InChI is InChI=1S/C13H17F2N3/c14-13(15)18-4-3-16-9(18)6-17-12-10-7-1-2-8(5-7)11(10)12/h3-4,7-8,10-13,17H,1-2,5-6H2. The lowest BCUT2D eigenvalue weighted by atomic mass is 10.0. The van der Waals surface area contributed by atoms with E-state index < -0.39 is 6.55 Å². The molecule has 1 heterocycles. The van der Waals surface area contributed by atoms with Crippen LogP contribution >= 0.6 is 0 Å². The maximum atomic E-state index is 12.7. The number of nitrogens with zero attached hydrogens (tertiary/aromatic N) is 2. The van der Waals surface area contributed by atoms with E-state index in [2.05, 4.69) is 10.3 Å². The van der Waals surface area contributed by atoms with E-state index in [1.54, 1.807) is 0 Å². The molecule has 1 N–H and O–H groups in total. The van der Waals surface area contributed by atoms with Crippen molar-refractivity contribution in [3.05, 3.63) is 18.2 Å². The summed E-state index contributed by atoms with van der Waals surface area (Å²) >= 11 is 0. The van der Waals surface area contributed by atoms with E-state index in [9.17, 15) is 8.78 Å². The number of alkyl halides is 2. The lowest BCUT2D eigenvalue weighted by Crippen LogP contribution is -2.24. The van der Waals surface area contributed by atoms with Gasteiger partial charge in [0.25, 0.3) is 0 Å². The zero-order valence-corrected chi connectivity index (χ0v) is 10.1. The van der Waals surface area contributed by atoms with E-state index in [-0.39, 0.29) is 0 Å². The molecule has 3 aliphatic rings. The van der Waals surface area contributed by atoms with Gasteiger partial charge in [-0.3, -0.25) is 4.57 Å². The van der Waals surface area contributed by atoms with Gasteiger partial charge in [-0.2, -0.15) is 8.78 Å². The number of halogens is 2. The average molecular weight is 253 g/mol. The second-order valence-electron chi connectivity index (χ2n) is 5.92. The second-order valence-corrected chi connectivity index (χ2v) is 5.92. The molecule has 0 aromatic carbocycles. The first-order valence-electron chi connectivity index (χ1n) is 6.79. The number of rotatable bonds is 4. The molecule has 4 atom stereocenters. The minimum atomic E-state index is -2.49. The molecule has 4 unspecified atom stereocenters. The fourth-order valence-corrected chi connectivity index (χ4v) is 4.47. The Morgan fingerprint density at radius 2 is 2.06 bits per heavy atom. The van der Waals surface area contributed by atoms with E-state index in [4.69, 9.17) is 0 Å². The molecule has 3 aliphatic carbocycles. The molecule has 98 valence electrons. The molecule has 2 bridgehead atoms. The first kappa shape index (κ1) is 10.9. The van der Waals surface area contributed by atoms with Gasteiger partial charge < -0.3 is 5.32 Å². The highest BCUT2D eigenvalue weighted by Crippen LogP contribution is 2.65. The molecule has 3 fully saturated rings. The Labute approximate surface area is 105 Å². The van der Waals surface area contributed by atoms with E-state index in [1.807, 2.05) is 0 Å². The molecule has 0 saturated heterocycles. The third-order valence-electron chi connectivity index (χ3n) is 5.19. The van der Waals surface area contributed by atoms with Crippen molar-refractivity contribution in [1.82, 2.24) is 14.9 Å². The molecular weight excluding hydrogens is 236 g/mol. The molecule has 3 saturated carbocycles. The number of hydrogen-bond donors (Lipinski definition) is 1. The van der Waals surface area contributed by atoms with Crippen LogP contribution in [0, 0.1) is 23.7 Å². The smallest absolute Gasteiger partial charge is 0.306 e. The molecule has 3 nitrogen and oxygen atoms in total. The van der Waals surface area contributed by atoms with Crippen LogP contribution in [0.15, 0.2) is 12.4 Å². The summed E-state index contributed by atoms with van der Waals surface area (Å²) in [5, 5.41) is 3.44. The fraction of sp³-hybridized carbons (Fsp3) is 0.769. The number of aromatic nitrogens is 2. The second kappa shape index (κ2) is 3.76. The Morgan fingerprint density at radius 1 is 1.33 bits per heavy atom. The van der Waals surface area contributed by atoms with Crippen molar-refractivity contribution in [2.75, 3.05) is 0 Å². The molecule has 0 spiro atoms. The third kappa shape index (κ3) is 1.46. The fourth-order valence-electron chi connectivity index (χ4n) is 4.47. The van der Waals surface area contributed by atoms with Crippen LogP contribution in [0.25, 0.3) is 0 Å². The Bertz CT molecular complexity index is 443. The summed E-state index contributed by atoms with van der Waals surface area (Å²) in [5.74, 6) is 3.93. The maximum absolute atomic E-state index is 12.7. The van der Waals surface area contributed by atoms with E-state index in [0.717, 1.165) is 28.2 Å². The van der Waals surface area contributed by atoms with Crippen molar-refractivity contribution in [3.8, 4) is 0 Å². The van der Waals surface area contributed by atoms with Gasteiger partial charge in [-0.25, -0.2) is 4.98 Å². The summed E-state index contributed by atoms with van der Waals surface area (Å²) in [6.45, 7) is -2.02. The first-order valence-corrected chi connectivity index (χ1v) is 6.79. The Kier molecular flexibility index (Phi) is 2.28. The zero-order chi connectivity index (χ0) is 12.3. The highest BCUT2D eigenvalue weighted by molar-refractivity contribution is 5.17. The highest BCUT2D eigenvalue weighted by atomic mass is 19.3. The molecule has 0 aliphatic heterocycles. The van der Waals surface area contributed by atoms with Gasteiger partial charge in [-0.05, 0) is 42.9 Å². The van der Waals surface area contributed by atoms with Gasteiger partial charge in [-0.15, -0.1) is 0 Å². The van der Waals surface area contributed by atoms with E-state index >= 15 is 0 Å². The van der Waals surface area contributed by atoms with Crippen molar-refractivity contribution in [1.29, 1.82) is 0 Å². The van der Waals surface area contributed by atoms with Gasteiger partial charge in [0.15, 0.2) is 0 Å². The normalized spacial score (nSPS) is 40.5. The minimum Gasteiger partial charge on any atom is -0.306 e. The summed E-state index contributed by atoms with van der Waals surface area (Å²) in [5.41, 5.74) is 0. The average Bonchev–Trinajstić information content (AvgIpc) is 2.80. The van der Waals surface area contributed by atoms with Crippen LogP contribution in [0.3, 0.4) is 0 Å². The third-order valence-corrected chi connectivity index (χ3v) is 5.19. The van der Waals surface area contributed by atoms with Gasteiger partial charge in [0.1, 0.15) is 5.82 Å². The highest BCUT2D eigenvalue weighted by Gasteiger charge is 2.64. The molecule has 1 aromatic rings. The predicted molar refractivity (Wildman–Crippen MR) is 61.9 cm³/mol. The summed E-state index contributed by atoms with van der Waals surface area (Å²) in [4.78, 5) is 4.01. The summed E-state index contributed by atoms with van der Waals surface area (Å²) in [6.07, 6.45) is 6.98. The Morgan fingerprint density at radius 3 is 2.72 bits per heavy atom. The summed E-state index contributed by atoms with van der Waals surface area (Å²) in [7, 11) is 0. The number of imidazole rings is 1. The minimum absolute atomic E-state index is 0.447. The molecule has 5 heteroatoms. The van der Waals surface area contributed by atoms with Crippen LogP contribution in [-0.4, -0.2) is 15.6 Å². The number of hydrogen-bond acceptors (Lipinski definition) is 2. The largest absolute Gasteiger partial charge is 0.319 e. The van der Waals surface area contributed by atoms with Crippen molar-refractivity contribution in [3.63, 3.8) is 0 Å². The van der Waals surface area contributed by atoms with Crippen LogP contribution in [0.2, 0.25) is 0 Å². The van der Waals surface area contributed by atoms with E-state index in [0.29, 0.717) is 18.4 Å². The zero-order valence-electron chi connectivity index (χ0n) is 10.1. The van der Waals surface area contributed by atoms with Crippen LogP contribution < -0.4 is 5.32 Å². The van der Waals surface area contributed by atoms with Gasteiger partial charge in [0.2, 0.25) is 0 Å². The van der Waals surface area contributed by atoms with Gasteiger partial charge >= 0.3 is 6.55 Å². The van der Waals surface area contributed by atoms with E-state index in [1.165, 1.54) is 31.7 Å². The molecule has 0 radical (unpaired) electrons. The number of fused-ring (bicyclic) bond motifs is 5. The van der Waals surface area contributed by atoms with Gasteiger partial charge in [0, 0.05) is 18.4 Å². The van der Waals surface area contributed by atoms with Crippen LogP contribution in [0.5, 0.6) is 0 Å². The van der Waals surface area contributed by atoms with Crippen LogP contribution in [0.4, 0.5) is 8.78 Å². The van der Waals surface area contributed by atoms with Crippen molar-refractivity contribution >= 4 is 0 Å². The predicted octanol–water partition coefficient (Wildman–Crippen LogP) is 2.41. The molecule has 4 rings (SSSR count). The Hall–Kier alpha value is -0.970. The van der Waals surface area contributed by atoms with Crippen molar-refractivity contribution < 1.29 is 8.78 Å². The first-order chi connectivity index (χ1) is 8.75. The quantitative estimate of drug-likeness (QED) is 0.893. The monoisotopic (exact) mass is 253 g/mol. The maximum Gasteiger partial charge on any atom is 0.319 e. The molecular formula is C13H17F2N3. The lowest BCUT2D eigenvalue weighted by Gasteiger charge is -2.11. The Balaban J connectivity index is 1.39. The SMILES string of the molecule is FC(F)n1ccnc1CNC1C2C3CCC(C3)C12. The lowest BCUT2D eigenvalue weighted by molar-refractivity contribution is 0.0665. The molecule has 1 aromatic heterocycles. The van der Waals surface area contributed by atoms with Crippen molar-refractivity contribution in [2.24, 2.45) is 23.7 Å². The summed E-state index contributed by atoms with van der Waals surface area (Å²) < 4.78 is 26.3.